The third kappa shape index (κ3) is 4.17. The van der Waals surface area contributed by atoms with E-state index >= 15 is 0 Å². The molecule has 1 aromatic heterocycles. The van der Waals surface area contributed by atoms with Gasteiger partial charge in [-0.2, -0.15) is 0 Å². The number of fused-ring (bicyclic) bond motifs is 1. The maximum absolute atomic E-state index is 12.4. The molecule has 0 saturated heterocycles. The highest BCUT2D eigenvalue weighted by Gasteiger charge is 2.26. The number of esters is 1. The van der Waals surface area contributed by atoms with Crippen LogP contribution in [0.1, 0.15) is 22.9 Å². The summed E-state index contributed by atoms with van der Waals surface area (Å²) in [6.45, 7) is 3.04. The Bertz CT molecular complexity index is 1220. The molecule has 2 aliphatic rings. The minimum absolute atomic E-state index is 0.172. The van der Waals surface area contributed by atoms with Gasteiger partial charge in [-0.15, -0.1) is 11.3 Å². The van der Waals surface area contributed by atoms with Gasteiger partial charge in [-0.3, -0.25) is 0 Å². The molecule has 0 aliphatic carbocycles. The number of thiophene rings is 1. The molecule has 0 saturated carbocycles. The van der Waals surface area contributed by atoms with E-state index in [4.69, 9.17) is 23.7 Å². The fraction of sp³-hybridized carbons (Fsp3) is 0.167. The van der Waals surface area contributed by atoms with Crippen molar-refractivity contribution in [2.75, 3.05) is 13.4 Å². The Labute approximate surface area is 188 Å². The van der Waals surface area contributed by atoms with Crippen LogP contribution >= 0.6 is 11.3 Å². The Morgan fingerprint density at radius 2 is 1.97 bits per heavy atom. The van der Waals surface area contributed by atoms with Gasteiger partial charge in [-0.25, -0.2) is 9.79 Å². The number of nitrogens with zero attached hydrogens (tertiary/aromatic N) is 1. The van der Waals surface area contributed by atoms with E-state index in [0.29, 0.717) is 41.8 Å². The van der Waals surface area contributed by atoms with Crippen molar-refractivity contribution in [2.45, 2.75) is 13.5 Å². The van der Waals surface area contributed by atoms with Crippen molar-refractivity contribution >= 4 is 29.3 Å². The van der Waals surface area contributed by atoms with Crippen LogP contribution < -0.4 is 18.9 Å². The number of carbonyl (C=O) groups is 1. The molecule has 32 heavy (non-hydrogen) atoms. The van der Waals surface area contributed by atoms with Gasteiger partial charge >= 0.3 is 5.97 Å². The van der Waals surface area contributed by atoms with Crippen LogP contribution in [0, 0.1) is 0 Å². The van der Waals surface area contributed by atoms with E-state index in [9.17, 15) is 4.79 Å². The van der Waals surface area contributed by atoms with Crippen LogP contribution in [0.4, 0.5) is 0 Å². The van der Waals surface area contributed by atoms with E-state index in [1.807, 2.05) is 42.6 Å². The van der Waals surface area contributed by atoms with Crippen LogP contribution in [0.15, 0.2) is 64.6 Å². The molecule has 0 atom stereocenters. The summed E-state index contributed by atoms with van der Waals surface area (Å²) in [5.41, 5.74) is 1.59. The largest absolute Gasteiger partial charge is 0.490 e. The molecule has 3 heterocycles. The highest BCUT2D eigenvalue weighted by atomic mass is 32.1. The molecule has 0 unspecified atom stereocenters. The second-order valence-electron chi connectivity index (χ2n) is 6.91. The van der Waals surface area contributed by atoms with Gasteiger partial charge in [0.1, 0.15) is 6.61 Å². The summed E-state index contributed by atoms with van der Waals surface area (Å²) in [7, 11) is 0. The number of ether oxygens (including phenoxy) is 5. The van der Waals surface area contributed by atoms with Crippen molar-refractivity contribution < 1.29 is 28.5 Å². The molecule has 0 radical (unpaired) electrons. The first kappa shape index (κ1) is 20.1. The predicted octanol–water partition coefficient (Wildman–Crippen LogP) is 4.80. The van der Waals surface area contributed by atoms with Crippen molar-refractivity contribution in [3.05, 3.63) is 75.6 Å². The van der Waals surface area contributed by atoms with Gasteiger partial charge in [0.25, 0.3) is 0 Å². The third-order valence-corrected chi connectivity index (χ3v) is 5.61. The third-order valence-electron chi connectivity index (χ3n) is 4.76. The van der Waals surface area contributed by atoms with E-state index in [0.717, 1.165) is 10.4 Å². The van der Waals surface area contributed by atoms with Crippen molar-refractivity contribution in [3.63, 3.8) is 0 Å². The van der Waals surface area contributed by atoms with Gasteiger partial charge in [0.15, 0.2) is 28.7 Å². The summed E-state index contributed by atoms with van der Waals surface area (Å²) < 4.78 is 27.7. The summed E-state index contributed by atoms with van der Waals surface area (Å²) in [6.07, 6.45) is 1.66. The van der Waals surface area contributed by atoms with Crippen LogP contribution in [-0.2, 0) is 16.1 Å². The molecule has 0 N–H and O–H groups in total. The van der Waals surface area contributed by atoms with Gasteiger partial charge in [-0.1, -0.05) is 12.1 Å². The Morgan fingerprint density at radius 1 is 1.06 bits per heavy atom. The monoisotopic (exact) mass is 449 g/mol. The summed E-state index contributed by atoms with van der Waals surface area (Å²) in [6, 6.07) is 14.8. The summed E-state index contributed by atoms with van der Waals surface area (Å²) in [5.74, 6) is 2.19. The minimum Gasteiger partial charge on any atom is -0.490 e. The topological polar surface area (TPSA) is 75.6 Å². The van der Waals surface area contributed by atoms with Crippen LogP contribution in [0.5, 0.6) is 23.0 Å². The molecule has 2 aliphatic heterocycles. The zero-order valence-electron chi connectivity index (χ0n) is 17.2. The van der Waals surface area contributed by atoms with Gasteiger partial charge in [-0.05, 0) is 60.3 Å². The second kappa shape index (κ2) is 8.76. The molecule has 0 amide bonds. The molecule has 5 rings (SSSR count). The lowest BCUT2D eigenvalue weighted by atomic mass is 10.1. The lowest BCUT2D eigenvalue weighted by Crippen LogP contribution is -2.05. The first-order valence-electron chi connectivity index (χ1n) is 10.0. The molecule has 0 spiro atoms. The normalized spacial score (nSPS) is 15.6. The quantitative estimate of drug-likeness (QED) is 0.381. The Balaban J connectivity index is 1.38. The van der Waals surface area contributed by atoms with Gasteiger partial charge < -0.3 is 23.7 Å². The SMILES string of the molecule is CCOc1cc(/C=C2/N=C(c3ccc4c(c3)OCO4)OC2=O)ccc1OCc1cccs1. The van der Waals surface area contributed by atoms with E-state index in [1.54, 1.807) is 35.6 Å². The molecular weight excluding hydrogens is 430 g/mol. The number of cyclic esters (lactones) is 1. The lowest BCUT2D eigenvalue weighted by Gasteiger charge is -2.12. The van der Waals surface area contributed by atoms with Crippen molar-refractivity contribution in [3.8, 4) is 23.0 Å². The number of hydrogen-bond acceptors (Lipinski definition) is 8. The van der Waals surface area contributed by atoms with Gasteiger partial charge in [0, 0.05) is 10.4 Å². The zero-order chi connectivity index (χ0) is 21.9. The number of rotatable bonds is 7. The van der Waals surface area contributed by atoms with Crippen molar-refractivity contribution in [1.82, 2.24) is 0 Å². The van der Waals surface area contributed by atoms with E-state index in [2.05, 4.69) is 4.99 Å². The molecule has 7 nitrogen and oxygen atoms in total. The second-order valence-corrected chi connectivity index (χ2v) is 7.94. The maximum Gasteiger partial charge on any atom is 0.363 e. The molecule has 3 aromatic rings. The van der Waals surface area contributed by atoms with Crippen LogP contribution in [0.2, 0.25) is 0 Å². The number of aliphatic imine (C=N–C) groups is 1. The smallest absolute Gasteiger partial charge is 0.363 e. The molecular formula is C24H19NO6S. The van der Waals surface area contributed by atoms with Gasteiger partial charge in [0.05, 0.1) is 6.61 Å². The zero-order valence-corrected chi connectivity index (χ0v) is 18.0. The standard InChI is InChI=1S/C24H19NO6S/c1-2-27-21-11-15(5-7-19(21)28-13-17-4-3-9-32-17)10-18-24(26)31-23(25-18)16-6-8-20-22(12-16)30-14-29-20/h3-12H,2,13-14H2,1H3/b18-10+. The Hall–Kier alpha value is -3.78. The molecule has 2 aromatic carbocycles. The van der Waals surface area contributed by atoms with Crippen LogP contribution in [0.3, 0.4) is 0 Å². The summed E-state index contributed by atoms with van der Waals surface area (Å²) in [5, 5.41) is 2.01. The first-order chi connectivity index (χ1) is 15.7. The number of hydrogen-bond donors (Lipinski definition) is 0. The molecule has 162 valence electrons. The molecule has 0 bridgehead atoms. The fourth-order valence-corrected chi connectivity index (χ4v) is 3.88. The Kier molecular flexibility index (Phi) is 5.51. The van der Waals surface area contributed by atoms with Crippen LogP contribution in [0.25, 0.3) is 6.08 Å². The number of benzene rings is 2. The lowest BCUT2D eigenvalue weighted by molar-refractivity contribution is -0.129. The summed E-state index contributed by atoms with van der Waals surface area (Å²) in [4.78, 5) is 17.9. The van der Waals surface area contributed by atoms with Crippen LogP contribution in [-0.4, -0.2) is 25.3 Å². The average molecular weight is 449 g/mol. The van der Waals surface area contributed by atoms with E-state index in [-0.39, 0.29) is 18.4 Å². The fourth-order valence-electron chi connectivity index (χ4n) is 3.27. The van der Waals surface area contributed by atoms with Gasteiger partial charge in [0.2, 0.25) is 12.7 Å². The first-order valence-corrected chi connectivity index (χ1v) is 10.9. The maximum atomic E-state index is 12.4. The summed E-state index contributed by atoms with van der Waals surface area (Å²) >= 11 is 1.63. The van der Waals surface area contributed by atoms with E-state index in [1.165, 1.54) is 0 Å². The minimum atomic E-state index is -0.520. The average Bonchev–Trinajstić information content (AvgIpc) is 3.55. The van der Waals surface area contributed by atoms with Crippen molar-refractivity contribution in [1.29, 1.82) is 0 Å². The number of carbonyl (C=O) groups excluding carboxylic acids is 1. The highest BCUT2D eigenvalue weighted by molar-refractivity contribution is 7.09. The van der Waals surface area contributed by atoms with E-state index < -0.39 is 5.97 Å². The molecule has 0 fully saturated rings. The van der Waals surface area contributed by atoms with Crippen molar-refractivity contribution in [2.24, 2.45) is 4.99 Å². The Morgan fingerprint density at radius 3 is 2.81 bits per heavy atom. The predicted molar refractivity (Wildman–Crippen MR) is 119 cm³/mol. The highest BCUT2D eigenvalue weighted by Crippen LogP contribution is 2.34. The molecule has 8 heteroatoms.